The standard InChI is InChI=1S/C24H24BrCl2FN2O2/c25-17-6-5-16(20(27)10-17)9-19-18(22(31)13-32-12-15-3-4-15)11-21-24(23(19)28)29-14-30(21)8-2-1-7-26/h5-6,10-11,14-15H,1-4,7-9,12-13H2. The third-order valence-electron chi connectivity index (χ3n) is 5.71. The molecule has 4 nitrogen and oxygen atoms in total. The first-order chi connectivity index (χ1) is 15.5. The van der Waals surface area contributed by atoms with Crippen LogP contribution in [0.15, 0.2) is 35.1 Å². The summed E-state index contributed by atoms with van der Waals surface area (Å²) in [4.78, 5) is 17.4. The van der Waals surface area contributed by atoms with Gasteiger partial charge in [-0.2, -0.15) is 0 Å². The van der Waals surface area contributed by atoms with Gasteiger partial charge in [0.2, 0.25) is 0 Å². The third-order valence-corrected chi connectivity index (χ3v) is 6.82. The molecule has 0 unspecified atom stereocenters. The number of ether oxygens (including phenoxy) is 1. The molecule has 0 aliphatic heterocycles. The molecular formula is C24H24BrCl2FN2O2. The molecule has 1 heterocycles. The number of halogens is 4. The van der Waals surface area contributed by atoms with Crippen LogP contribution >= 0.6 is 39.1 Å². The molecule has 4 rings (SSSR count). The maximum Gasteiger partial charge on any atom is 0.188 e. The van der Waals surface area contributed by atoms with Crippen LogP contribution in [0.1, 0.15) is 47.2 Å². The first-order valence-corrected chi connectivity index (χ1v) is 12.5. The zero-order valence-electron chi connectivity index (χ0n) is 17.6. The van der Waals surface area contributed by atoms with Gasteiger partial charge in [-0.25, -0.2) is 9.37 Å². The van der Waals surface area contributed by atoms with Crippen molar-refractivity contribution in [2.75, 3.05) is 19.1 Å². The van der Waals surface area contributed by atoms with Gasteiger partial charge in [-0.3, -0.25) is 4.79 Å². The fourth-order valence-electron chi connectivity index (χ4n) is 3.71. The first kappa shape index (κ1) is 23.7. The number of nitrogens with zero attached hydrogens (tertiary/aromatic N) is 2. The Morgan fingerprint density at radius 1 is 1.28 bits per heavy atom. The molecule has 0 spiro atoms. The van der Waals surface area contributed by atoms with Crippen molar-refractivity contribution in [1.29, 1.82) is 0 Å². The summed E-state index contributed by atoms with van der Waals surface area (Å²) in [6, 6.07) is 7.19. The van der Waals surface area contributed by atoms with E-state index in [0.29, 0.717) is 46.6 Å². The summed E-state index contributed by atoms with van der Waals surface area (Å²) < 4.78 is 24.0. The molecule has 1 saturated carbocycles. The van der Waals surface area contributed by atoms with Crippen LogP contribution < -0.4 is 0 Å². The van der Waals surface area contributed by atoms with Crippen LogP contribution in [0.3, 0.4) is 0 Å². The Balaban J connectivity index is 1.71. The number of unbranched alkanes of at least 4 members (excludes halogenated alkanes) is 1. The smallest absolute Gasteiger partial charge is 0.188 e. The summed E-state index contributed by atoms with van der Waals surface area (Å²) in [7, 11) is 0. The van der Waals surface area contributed by atoms with E-state index in [2.05, 4.69) is 20.9 Å². The lowest BCUT2D eigenvalue weighted by atomic mass is 9.95. The highest BCUT2D eigenvalue weighted by atomic mass is 79.9. The number of ketones is 1. The van der Waals surface area contributed by atoms with E-state index < -0.39 is 5.82 Å². The average molecular weight is 542 g/mol. The van der Waals surface area contributed by atoms with Crippen molar-refractivity contribution in [1.82, 2.24) is 9.55 Å². The summed E-state index contributed by atoms with van der Waals surface area (Å²) in [5.74, 6) is 0.402. The van der Waals surface area contributed by atoms with Gasteiger partial charge in [0.25, 0.3) is 0 Å². The van der Waals surface area contributed by atoms with Crippen molar-refractivity contribution in [2.24, 2.45) is 5.92 Å². The molecule has 1 aromatic heterocycles. The monoisotopic (exact) mass is 540 g/mol. The number of hydrogen-bond acceptors (Lipinski definition) is 3. The second kappa shape index (κ2) is 10.6. The minimum absolute atomic E-state index is 0.0666. The number of rotatable bonds is 11. The zero-order valence-corrected chi connectivity index (χ0v) is 20.6. The number of fused-ring (bicyclic) bond motifs is 1. The van der Waals surface area contributed by atoms with Gasteiger partial charge in [-0.1, -0.05) is 33.6 Å². The number of imidazole rings is 1. The van der Waals surface area contributed by atoms with Gasteiger partial charge < -0.3 is 9.30 Å². The Morgan fingerprint density at radius 2 is 2.09 bits per heavy atom. The maximum atomic E-state index is 15.7. The van der Waals surface area contributed by atoms with Gasteiger partial charge in [-0.05, 0) is 55.4 Å². The molecule has 0 bridgehead atoms. The van der Waals surface area contributed by atoms with Crippen molar-refractivity contribution in [3.8, 4) is 0 Å². The molecule has 1 aliphatic carbocycles. The average Bonchev–Trinajstić information content (AvgIpc) is 3.50. The highest BCUT2D eigenvalue weighted by Gasteiger charge is 2.24. The molecule has 0 saturated heterocycles. The second-order valence-electron chi connectivity index (χ2n) is 8.21. The molecule has 8 heteroatoms. The van der Waals surface area contributed by atoms with Crippen LogP contribution in [0.2, 0.25) is 5.02 Å². The molecule has 0 radical (unpaired) electrons. The van der Waals surface area contributed by atoms with E-state index in [0.717, 1.165) is 35.7 Å². The van der Waals surface area contributed by atoms with Crippen molar-refractivity contribution < 1.29 is 13.9 Å². The molecule has 2 aromatic carbocycles. The molecule has 32 heavy (non-hydrogen) atoms. The van der Waals surface area contributed by atoms with Crippen molar-refractivity contribution >= 4 is 55.9 Å². The maximum absolute atomic E-state index is 15.7. The van der Waals surface area contributed by atoms with Crippen LogP contribution in [0.4, 0.5) is 4.39 Å². The lowest BCUT2D eigenvalue weighted by molar-refractivity contribution is 0.0738. The molecule has 1 aliphatic rings. The predicted octanol–water partition coefficient (Wildman–Crippen LogP) is 6.81. The minimum Gasteiger partial charge on any atom is -0.373 e. The van der Waals surface area contributed by atoms with Gasteiger partial charge in [0.15, 0.2) is 11.6 Å². The van der Waals surface area contributed by atoms with Crippen LogP contribution in [-0.2, 0) is 17.7 Å². The zero-order chi connectivity index (χ0) is 22.7. The second-order valence-corrected chi connectivity index (χ2v) is 9.91. The van der Waals surface area contributed by atoms with Gasteiger partial charge in [0.1, 0.15) is 12.1 Å². The predicted molar refractivity (Wildman–Crippen MR) is 129 cm³/mol. The Kier molecular flexibility index (Phi) is 7.87. The van der Waals surface area contributed by atoms with Gasteiger partial charge in [0.05, 0.1) is 18.5 Å². The number of benzene rings is 2. The number of carbonyl (C=O) groups is 1. The number of aryl methyl sites for hydroxylation is 1. The van der Waals surface area contributed by atoms with E-state index in [1.54, 1.807) is 18.5 Å². The lowest BCUT2D eigenvalue weighted by Crippen LogP contribution is -2.15. The molecule has 0 N–H and O–H groups in total. The highest BCUT2D eigenvalue weighted by molar-refractivity contribution is 9.10. The summed E-state index contributed by atoms with van der Waals surface area (Å²) >= 11 is 15.6. The lowest BCUT2D eigenvalue weighted by Gasteiger charge is -2.14. The van der Waals surface area contributed by atoms with Gasteiger partial charge in [0, 0.05) is 39.5 Å². The molecule has 0 atom stereocenters. The number of carbonyl (C=O) groups excluding carboxylic acids is 1. The van der Waals surface area contributed by atoms with E-state index in [4.69, 9.17) is 27.9 Å². The van der Waals surface area contributed by atoms with Crippen LogP contribution in [0.5, 0.6) is 0 Å². The van der Waals surface area contributed by atoms with Crippen molar-refractivity contribution in [2.45, 2.75) is 38.6 Å². The Labute approximate surface area is 205 Å². The first-order valence-electron chi connectivity index (χ1n) is 10.7. The molecule has 3 aromatic rings. The Hall–Kier alpha value is -1.47. The number of alkyl halides is 1. The van der Waals surface area contributed by atoms with E-state index in [9.17, 15) is 4.79 Å². The minimum atomic E-state index is -0.483. The summed E-state index contributed by atoms with van der Waals surface area (Å²) in [6.45, 7) is 1.16. The summed E-state index contributed by atoms with van der Waals surface area (Å²) in [5.41, 5.74) is 2.22. The summed E-state index contributed by atoms with van der Waals surface area (Å²) in [6.07, 6.45) is 5.80. The van der Waals surface area contributed by atoms with Crippen molar-refractivity contribution in [3.63, 3.8) is 0 Å². The van der Waals surface area contributed by atoms with Crippen molar-refractivity contribution in [3.05, 3.63) is 62.6 Å². The topological polar surface area (TPSA) is 44.1 Å². The number of Topliss-reactive ketones (excluding diaryl/α,β-unsaturated/α-hetero) is 1. The number of hydrogen-bond donors (Lipinski definition) is 0. The van der Waals surface area contributed by atoms with E-state index in [-0.39, 0.29) is 24.3 Å². The largest absolute Gasteiger partial charge is 0.373 e. The summed E-state index contributed by atoms with van der Waals surface area (Å²) in [5, 5.41) is 0.508. The Bertz CT molecular complexity index is 1130. The van der Waals surface area contributed by atoms with Gasteiger partial charge in [-0.15, -0.1) is 11.6 Å². The normalized spacial score (nSPS) is 13.8. The third kappa shape index (κ3) is 5.53. The Morgan fingerprint density at radius 3 is 2.81 bits per heavy atom. The van der Waals surface area contributed by atoms with Gasteiger partial charge >= 0.3 is 0 Å². The molecule has 1 fully saturated rings. The van der Waals surface area contributed by atoms with Crippen LogP contribution in [-0.4, -0.2) is 34.4 Å². The highest BCUT2D eigenvalue weighted by Crippen LogP contribution is 2.31. The molecular weight excluding hydrogens is 518 g/mol. The van der Waals surface area contributed by atoms with E-state index in [1.165, 1.54) is 0 Å². The van der Waals surface area contributed by atoms with E-state index in [1.807, 2.05) is 16.7 Å². The SMILES string of the molecule is O=C(COCC1CC1)c1cc2c(ncn2CCCCCl)c(F)c1Cc1ccc(Br)cc1Cl. The van der Waals surface area contributed by atoms with E-state index >= 15 is 4.39 Å². The number of aromatic nitrogens is 2. The molecule has 0 amide bonds. The van der Waals surface area contributed by atoms with Crippen LogP contribution in [0, 0.1) is 11.7 Å². The fourth-order valence-corrected chi connectivity index (χ4v) is 4.64. The quantitative estimate of drug-likeness (QED) is 0.152. The van der Waals surface area contributed by atoms with Crippen LogP contribution in [0.25, 0.3) is 11.0 Å². The molecule has 170 valence electrons. The fraction of sp³-hybridized carbons (Fsp3) is 0.417.